The normalized spacial score (nSPS) is 12.4. The van der Waals surface area contributed by atoms with Gasteiger partial charge >= 0.3 is 0 Å². The number of para-hydroxylation sites is 4. The SMILES string of the molecule is c1ccc2nc(-n3c4ccccc4c4cc5c(cc43)sc3ccccc35)c(-c3ccc4oc5c(ccc6c7ccccc7oc65)c4c3)nc2c1. The molecule has 0 aliphatic carbocycles. The molecule has 5 nitrogen and oxygen atoms in total. The number of benzene rings is 7. The first kappa shape index (κ1) is 26.5. The first-order chi connectivity index (χ1) is 24.8. The maximum absolute atomic E-state index is 6.51. The fraction of sp³-hybridized carbons (Fsp3) is 0. The number of hydrogen-bond donors (Lipinski definition) is 0. The molecule has 6 heteroatoms. The monoisotopic (exact) mass is 657 g/mol. The van der Waals surface area contributed by atoms with Crippen molar-refractivity contribution in [3.63, 3.8) is 0 Å². The van der Waals surface area contributed by atoms with Crippen molar-refractivity contribution in [2.24, 2.45) is 0 Å². The number of fused-ring (bicyclic) bond motifs is 14. The largest absolute Gasteiger partial charge is 0.452 e. The van der Waals surface area contributed by atoms with Crippen LogP contribution in [0.1, 0.15) is 0 Å². The summed E-state index contributed by atoms with van der Waals surface area (Å²) < 4.78 is 17.7. The number of rotatable bonds is 2. The first-order valence-electron chi connectivity index (χ1n) is 16.7. The first-order valence-corrected chi connectivity index (χ1v) is 17.5. The van der Waals surface area contributed by atoms with Crippen LogP contribution in [0, 0.1) is 0 Å². The Kier molecular flexibility index (Phi) is 5.06. The van der Waals surface area contributed by atoms with Gasteiger partial charge in [-0.2, -0.15) is 0 Å². The van der Waals surface area contributed by atoms with Gasteiger partial charge in [-0.25, -0.2) is 9.97 Å². The van der Waals surface area contributed by atoms with E-state index in [0.29, 0.717) is 0 Å². The molecule has 0 aliphatic rings. The molecule has 5 heterocycles. The predicted octanol–water partition coefficient (Wildman–Crippen LogP) is 12.6. The summed E-state index contributed by atoms with van der Waals surface area (Å²) in [7, 11) is 0. The van der Waals surface area contributed by atoms with Crippen molar-refractivity contribution in [3.05, 3.63) is 140 Å². The Morgan fingerprint density at radius 2 is 1.12 bits per heavy atom. The summed E-state index contributed by atoms with van der Waals surface area (Å²) in [4.78, 5) is 10.7. The van der Waals surface area contributed by atoms with Gasteiger partial charge in [0.15, 0.2) is 17.0 Å². The minimum Gasteiger partial charge on any atom is -0.452 e. The average Bonchev–Trinajstić information content (AvgIpc) is 3.92. The molecule has 0 N–H and O–H groups in total. The van der Waals surface area contributed by atoms with Crippen molar-refractivity contribution in [3.8, 4) is 17.1 Å². The van der Waals surface area contributed by atoms with E-state index in [0.717, 1.165) is 83.0 Å². The quantitative estimate of drug-likeness (QED) is 0.186. The van der Waals surface area contributed by atoms with Crippen LogP contribution in [-0.2, 0) is 0 Å². The van der Waals surface area contributed by atoms with Crippen molar-refractivity contribution in [2.45, 2.75) is 0 Å². The number of thiophene rings is 1. The second-order valence-electron chi connectivity index (χ2n) is 12.9. The third kappa shape index (κ3) is 3.50. The van der Waals surface area contributed by atoms with E-state index in [9.17, 15) is 0 Å². The zero-order chi connectivity index (χ0) is 32.5. The van der Waals surface area contributed by atoms with E-state index in [1.165, 1.54) is 30.9 Å². The van der Waals surface area contributed by atoms with Crippen LogP contribution in [0.4, 0.5) is 0 Å². The van der Waals surface area contributed by atoms with Crippen molar-refractivity contribution < 1.29 is 8.83 Å². The zero-order valence-electron chi connectivity index (χ0n) is 26.3. The van der Waals surface area contributed by atoms with Gasteiger partial charge < -0.3 is 8.83 Å². The third-order valence-electron chi connectivity index (χ3n) is 10.2. The van der Waals surface area contributed by atoms with Crippen molar-refractivity contribution in [2.75, 3.05) is 0 Å². The smallest absolute Gasteiger partial charge is 0.178 e. The van der Waals surface area contributed by atoms with E-state index in [-0.39, 0.29) is 0 Å². The molecule has 0 saturated heterocycles. The van der Waals surface area contributed by atoms with Crippen molar-refractivity contribution in [1.82, 2.24) is 14.5 Å². The molecule has 0 bridgehead atoms. The highest BCUT2D eigenvalue weighted by molar-refractivity contribution is 7.25. The van der Waals surface area contributed by atoms with Crippen LogP contribution in [0.5, 0.6) is 0 Å². The Morgan fingerprint density at radius 1 is 0.440 bits per heavy atom. The minimum atomic E-state index is 0.755. The van der Waals surface area contributed by atoms with E-state index < -0.39 is 0 Å². The number of aromatic nitrogens is 3. The molecule has 0 radical (unpaired) electrons. The van der Waals surface area contributed by atoms with Gasteiger partial charge in [0.2, 0.25) is 0 Å². The van der Waals surface area contributed by atoms with Crippen LogP contribution in [0.25, 0.3) is 114 Å². The van der Waals surface area contributed by atoms with Gasteiger partial charge in [0.1, 0.15) is 16.9 Å². The summed E-state index contributed by atoms with van der Waals surface area (Å²) in [6, 6.07) is 48.8. The molecule has 12 aromatic rings. The molecule has 50 heavy (non-hydrogen) atoms. The summed E-state index contributed by atoms with van der Waals surface area (Å²) in [6.45, 7) is 0. The summed E-state index contributed by atoms with van der Waals surface area (Å²) in [6.07, 6.45) is 0. The highest BCUT2D eigenvalue weighted by Crippen LogP contribution is 2.43. The lowest BCUT2D eigenvalue weighted by Crippen LogP contribution is -2.03. The fourth-order valence-corrected chi connectivity index (χ4v) is 9.04. The molecule has 0 atom stereocenters. The van der Waals surface area contributed by atoms with Gasteiger partial charge in [0.05, 0.1) is 22.1 Å². The summed E-state index contributed by atoms with van der Waals surface area (Å²) in [5.74, 6) is 0.794. The molecule has 5 aromatic heterocycles. The maximum Gasteiger partial charge on any atom is 0.178 e. The highest BCUT2D eigenvalue weighted by atomic mass is 32.1. The van der Waals surface area contributed by atoms with E-state index in [1.807, 2.05) is 59.9 Å². The molecule has 0 aliphatic heterocycles. The second-order valence-corrected chi connectivity index (χ2v) is 14.0. The topological polar surface area (TPSA) is 57.0 Å². The molecule has 232 valence electrons. The average molecular weight is 658 g/mol. The van der Waals surface area contributed by atoms with Crippen LogP contribution < -0.4 is 0 Å². The summed E-state index contributed by atoms with van der Waals surface area (Å²) in [5, 5.41) is 9.10. The lowest BCUT2D eigenvalue weighted by atomic mass is 10.0. The molecule has 0 unspecified atom stereocenters. The molecular weight excluding hydrogens is 635 g/mol. The molecule has 0 spiro atoms. The Hall–Kier alpha value is -6.50. The Labute approximate surface area is 287 Å². The lowest BCUT2D eigenvalue weighted by molar-refractivity contribution is 0.633. The molecular formula is C44H23N3O2S. The molecule has 0 amide bonds. The maximum atomic E-state index is 6.51. The Morgan fingerprint density at radius 3 is 1.98 bits per heavy atom. The molecule has 0 fully saturated rings. The third-order valence-corrected chi connectivity index (χ3v) is 11.3. The number of nitrogens with zero attached hydrogens (tertiary/aromatic N) is 3. The van der Waals surface area contributed by atoms with Crippen LogP contribution in [-0.4, -0.2) is 14.5 Å². The Bertz CT molecular complexity index is 3400. The summed E-state index contributed by atoms with van der Waals surface area (Å²) in [5.41, 5.74) is 8.85. The second kappa shape index (κ2) is 9.56. The fourth-order valence-electron chi connectivity index (χ4n) is 7.92. The highest BCUT2D eigenvalue weighted by Gasteiger charge is 2.22. The number of furan rings is 2. The molecule has 12 rings (SSSR count). The van der Waals surface area contributed by atoms with E-state index in [1.54, 1.807) is 0 Å². The standard InChI is InChI=1S/C44H23N3O2S/c1-6-14-35-25(9-1)30-22-32-27-11-3-8-16-39(27)50-40(32)23-36(30)47(35)44-41(45-33-12-4-5-13-34(33)46-44)24-17-20-38-31(21-24)29-19-18-28-26-10-2-7-15-37(26)48-42(28)43(29)49-38/h1-23H. The van der Waals surface area contributed by atoms with E-state index >= 15 is 0 Å². The van der Waals surface area contributed by atoms with Crippen LogP contribution in [0.3, 0.4) is 0 Å². The van der Waals surface area contributed by atoms with Crippen molar-refractivity contribution >= 4 is 108 Å². The zero-order valence-corrected chi connectivity index (χ0v) is 27.2. The lowest BCUT2D eigenvalue weighted by Gasteiger charge is -2.14. The number of hydrogen-bond acceptors (Lipinski definition) is 5. The van der Waals surface area contributed by atoms with Gasteiger partial charge in [-0.15, -0.1) is 11.3 Å². The van der Waals surface area contributed by atoms with Gasteiger partial charge in [0, 0.05) is 58.1 Å². The molecule has 7 aromatic carbocycles. The van der Waals surface area contributed by atoms with Gasteiger partial charge in [-0.05, 0) is 72.8 Å². The Balaban J connectivity index is 1.16. The van der Waals surface area contributed by atoms with E-state index in [4.69, 9.17) is 18.8 Å². The van der Waals surface area contributed by atoms with Gasteiger partial charge in [-0.3, -0.25) is 4.57 Å². The van der Waals surface area contributed by atoms with Gasteiger partial charge in [-0.1, -0.05) is 66.7 Å². The minimum absolute atomic E-state index is 0.755. The van der Waals surface area contributed by atoms with Crippen LogP contribution in [0.15, 0.2) is 148 Å². The van der Waals surface area contributed by atoms with Crippen molar-refractivity contribution in [1.29, 1.82) is 0 Å². The molecule has 0 saturated carbocycles. The van der Waals surface area contributed by atoms with Crippen LogP contribution >= 0.6 is 11.3 Å². The summed E-state index contributed by atoms with van der Waals surface area (Å²) >= 11 is 1.83. The van der Waals surface area contributed by atoms with Crippen LogP contribution in [0.2, 0.25) is 0 Å². The van der Waals surface area contributed by atoms with Gasteiger partial charge in [0.25, 0.3) is 0 Å². The van der Waals surface area contributed by atoms with E-state index in [2.05, 4.69) is 95.6 Å². The predicted molar refractivity (Wildman–Crippen MR) is 207 cm³/mol.